The van der Waals surface area contributed by atoms with E-state index in [-0.39, 0.29) is 0 Å². The van der Waals surface area contributed by atoms with Gasteiger partial charge in [-0.3, -0.25) is 0 Å². The van der Waals surface area contributed by atoms with Crippen LogP contribution in [0.15, 0.2) is 36.0 Å². The van der Waals surface area contributed by atoms with Gasteiger partial charge in [0.05, 0.1) is 0 Å². The van der Waals surface area contributed by atoms with Gasteiger partial charge in [-0.25, -0.2) is 0 Å². The van der Waals surface area contributed by atoms with Crippen molar-refractivity contribution in [3.63, 3.8) is 0 Å². The van der Waals surface area contributed by atoms with Crippen LogP contribution in [-0.4, -0.2) is 0 Å². The van der Waals surface area contributed by atoms with Crippen LogP contribution < -0.4 is 0 Å². The molecule has 3 unspecified atom stereocenters. The van der Waals surface area contributed by atoms with Gasteiger partial charge in [0.2, 0.25) is 0 Å². The Kier molecular flexibility index (Phi) is 1.68. The fourth-order valence-electron chi connectivity index (χ4n) is 2.71. The first-order chi connectivity index (χ1) is 6.43. The highest BCUT2D eigenvalue weighted by Gasteiger charge is 2.33. The second-order valence-corrected chi connectivity index (χ2v) is 4.28. The van der Waals surface area contributed by atoms with Crippen molar-refractivity contribution in [2.75, 3.05) is 0 Å². The average molecular weight is 170 g/mol. The Morgan fingerprint density at radius 1 is 1.23 bits per heavy atom. The Balaban J connectivity index is 1.84. The van der Waals surface area contributed by atoms with Crippen molar-refractivity contribution in [3.8, 4) is 0 Å². The SMILES string of the molecule is [C]1C2C=CC=C2CC2CC=CCC12. The minimum atomic E-state index is 0.563. The molecule has 0 aliphatic heterocycles. The Hall–Kier alpha value is -0.780. The lowest BCUT2D eigenvalue weighted by atomic mass is 9.68. The molecule has 2 radical (unpaired) electrons. The van der Waals surface area contributed by atoms with E-state index in [1.165, 1.54) is 19.3 Å². The second kappa shape index (κ2) is 2.87. The Morgan fingerprint density at radius 3 is 3.15 bits per heavy atom. The van der Waals surface area contributed by atoms with Crippen LogP contribution in [0.1, 0.15) is 19.3 Å². The smallest absolute Gasteiger partial charge is 0.00544 e. The molecule has 0 aromatic carbocycles. The summed E-state index contributed by atoms with van der Waals surface area (Å²) in [5.74, 6) is 2.15. The summed E-state index contributed by atoms with van der Waals surface area (Å²) in [6, 6.07) is 0. The molecule has 0 heteroatoms. The van der Waals surface area contributed by atoms with Gasteiger partial charge >= 0.3 is 0 Å². The monoisotopic (exact) mass is 170 g/mol. The van der Waals surface area contributed by atoms with E-state index >= 15 is 0 Å². The van der Waals surface area contributed by atoms with Gasteiger partial charge in [-0.15, -0.1) is 0 Å². The molecule has 0 bridgehead atoms. The van der Waals surface area contributed by atoms with E-state index in [9.17, 15) is 0 Å². The molecule has 0 spiro atoms. The molecule has 0 N–H and O–H groups in total. The highest BCUT2D eigenvalue weighted by atomic mass is 14.4. The maximum Gasteiger partial charge on any atom is 0.00544 e. The lowest BCUT2D eigenvalue weighted by Gasteiger charge is -2.36. The molecule has 1 fully saturated rings. The molecule has 0 heterocycles. The summed E-state index contributed by atoms with van der Waals surface area (Å²) in [4.78, 5) is 0. The van der Waals surface area contributed by atoms with Crippen molar-refractivity contribution in [2.45, 2.75) is 19.3 Å². The van der Waals surface area contributed by atoms with Gasteiger partial charge in [0.25, 0.3) is 0 Å². The minimum Gasteiger partial charge on any atom is -0.0882 e. The topological polar surface area (TPSA) is 0 Å². The van der Waals surface area contributed by atoms with Crippen molar-refractivity contribution < 1.29 is 0 Å². The molecule has 3 aliphatic carbocycles. The first-order valence-electron chi connectivity index (χ1n) is 5.22. The first-order valence-corrected chi connectivity index (χ1v) is 5.22. The molecule has 3 aliphatic rings. The zero-order chi connectivity index (χ0) is 8.67. The van der Waals surface area contributed by atoms with E-state index in [4.69, 9.17) is 0 Å². The van der Waals surface area contributed by atoms with Crippen LogP contribution in [-0.2, 0) is 0 Å². The summed E-state index contributed by atoms with van der Waals surface area (Å²) in [7, 11) is 0. The Bertz CT molecular complexity index is 293. The van der Waals surface area contributed by atoms with Crippen molar-refractivity contribution in [1.29, 1.82) is 0 Å². The van der Waals surface area contributed by atoms with Gasteiger partial charge in [0.1, 0.15) is 0 Å². The molecular formula is C13H14. The summed E-state index contributed by atoms with van der Waals surface area (Å²) in [5, 5.41) is 0. The highest BCUT2D eigenvalue weighted by Crippen LogP contribution is 2.44. The molecule has 0 saturated heterocycles. The van der Waals surface area contributed by atoms with Crippen LogP contribution in [0.2, 0.25) is 0 Å². The quantitative estimate of drug-likeness (QED) is 0.490. The summed E-state index contributed by atoms with van der Waals surface area (Å²) in [6.45, 7) is 0. The Labute approximate surface area is 80.0 Å². The summed E-state index contributed by atoms with van der Waals surface area (Å²) >= 11 is 0. The predicted molar refractivity (Wildman–Crippen MR) is 53.9 cm³/mol. The summed E-state index contributed by atoms with van der Waals surface area (Å²) in [6.07, 6.45) is 18.9. The first kappa shape index (κ1) is 7.61. The van der Waals surface area contributed by atoms with E-state index in [1.54, 1.807) is 5.57 Å². The largest absolute Gasteiger partial charge is 0.0882 e. The van der Waals surface area contributed by atoms with E-state index in [2.05, 4.69) is 36.8 Å². The van der Waals surface area contributed by atoms with Crippen molar-refractivity contribution >= 4 is 0 Å². The molecule has 3 atom stereocenters. The molecule has 3 rings (SSSR count). The summed E-state index contributed by atoms with van der Waals surface area (Å²) < 4.78 is 0. The third-order valence-corrected chi connectivity index (χ3v) is 3.47. The third kappa shape index (κ3) is 1.20. The van der Waals surface area contributed by atoms with Gasteiger partial charge < -0.3 is 0 Å². The normalized spacial score (nSPS) is 41.2. The van der Waals surface area contributed by atoms with Crippen molar-refractivity contribution in [1.82, 2.24) is 0 Å². The lowest BCUT2D eigenvalue weighted by molar-refractivity contribution is 0.312. The number of rotatable bonds is 0. The highest BCUT2D eigenvalue weighted by molar-refractivity contribution is 5.34. The molecule has 66 valence electrons. The number of hydrogen-bond acceptors (Lipinski definition) is 0. The van der Waals surface area contributed by atoms with Gasteiger partial charge in [0.15, 0.2) is 0 Å². The van der Waals surface area contributed by atoms with Crippen LogP contribution >= 0.6 is 0 Å². The average Bonchev–Trinajstić information content (AvgIpc) is 2.61. The van der Waals surface area contributed by atoms with Crippen molar-refractivity contribution in [2.24, 2.45) is 17.8 Å². The Morgan fingerprint density at radius 2 is 2.15 bits per heavy atom. The third-order valence-electron chi connectivity index (χ3n) is 3.47. The fourth-order valence-corrected chi connectivity index (χ4v) is 2.71. The van der Waals surface area contributed by atoms with Crippen molar-refractivity contribution in [3.05, 3.63) is 42.4 Å². The minimum absolute atomic E-state index is 0.563. The maximum atomic E-state index is 3.71. The van der Waals surface area contributed by atoms with Crippen LogP contribution in [0.25, 0.3) is 0 Å². The molecule has 13 heavy (non-hydrogen) atoms. The summed E-state index contributed by atoms with van der Waals surface area (Å²) in [5.41, 5.74) is 1.59. The molecule has 0 amide bonds. The molecule has 1 saturated carbocycles. The van der Waals surface area contributed by atoms with E-state index in [0.717, 1.165) is 11.8 Å². The van der Waals surface area contributed by atoms with Gasteiger partial charge in [0, 0.05) is 5.92 Å². The molecular weight excluding hydrogens is 156 g/mol. The molecule has 0 nitrogen and oxygen atoms in total. The zero-order valence-electron chi connectivity index (χ0n) is 7.74. The number of allylic oxidation sites excluding steroid dienone is 6. The number of fused-ring (bicyclic) bond motifs is 2. The number of hydrogen-bond donors (Lipinski definition) is 0. The standard InChI is InChI=1S/C13H14/c1-2-5-11-9-13-7-3-6-12(13)8-10(11)4-1/h1-3,6-7,10-11,13H,4-5,8H2. The van der Waals surface area contributed by atoms with E-state index in [1.807, 2.05) is 0 Å². The van der Waals surface area contributed by atoms with Crippen LogP contribution in [0.3, 0.4) is 0 Å². The second-order valence-electron chi connectivity index (χ2n) is 4.28. The predicted octanol–water partition coefficient (Wildman–Crippen LogP) is 3.17. The van der Waals surface area contributed by atoms with Crippen LogP contribution in [0.5, 0.6) is 0 Å². The van der Waals surface area contributed by atoms with E-state index < -0.39 is 0 Å². The van der Waals surface area contributed by atoms with Gasteiger partial charge in [-0.1, -0.05) is 36.0 Å². The zero-order valence-corrected chi connectivity index (χ0v) is 7.74. The lowest BCUT2D eigenvalue weighted by Crippen LogP contribution is -2.26. The molecule has 0 aromatic rings. The van der Waals surface area contributed by atoms with Crippen LogP contribution in [0, 0.1) is 24.2 Å². The van der Waals surface area contributed by atoms with Gasteiger partial charge in [-0.05, 0) is 37.5 Å². The van der Waals surface area contributed by atoms with Crippen LogP contribution in [0.4, 0.5) is 0 Å². The molecule has 0 aromatic heterocycles. The maximum absolute atomic E-state index is 3.71. The van der Waals surface area contributed by atoms with E-state index in [0.29, 0.717) is 5.92 Å². The fraction of sp³-hybridized carbons (Fsp3) is 0.462. The van der Waals surface area contributed by atoms with Gasteiger partial charge in [-0.2, -0.15) is 0 Å².